The summed E-state index contributed by atoms with van der Waals surface area (Å²) >= 11 is 9.00. The molecule has 0 fully saturated rings. The van der Waals surface area contributed by atoms with Crippen molar-refractivity contribution in [1.29, 1.82) is 0 Å². The van der Waals surface area contributed by atoms with E-state index in [4.69, 9.17) is 16.0 Å². The summed E-state index contributed by atoms with van der Waals surface area (Å²) in [7, 11) is 0. The Morgan fingerprint density at radius 1 is 1.37 bits per heavy atom. The van der Waals surface area contributed by atoms with Crippen molar-refractivity contribution in [2.24, 2.45) is 0 Å². The van der Waals surface area contributed by atoms with E-state index in [1.165, 1.54) is 6.07 Å². The molecule has 19 heavy (non-hydrogen) atoms. The predicted molar refractivity (Wildman–Crippen MR) is 77.9 cm³/mol. The van der Waals surface area contributed by atoms with E-state index in [1.54, 1.807) is 18.2 Å². The van der Waals surface area contributed by atoms with Crippen LogP contribution < -0.4 is 5.32 Å². The molecule has 1 aromatic heterocycles. The fraction of sp³-hybridized carbons (Fsp3) is 0.286. The number of furan rings is 1. The van der Waals surface area contributed by atoms with Crippen molar-refractivity contribution < 1.29 is 8.81 Å². The van der Waals surface area contributed by atoms with Gasteiger partial charge in [-0.15, -0.1) is 0 Å². The molecule has 2 nitrogen and oxygen atoms in total. The Balaban J connectivity index is 2.18. The van der Waals surface area contributed by atoms with Crippen molar-refractivity contribution in [2.45, 2.75) is 19.4 Å². The monoisotopic (exact) mass is 345 g/mol. The fourth-order valence-electron chi connectivity index (χ4n) is 1.94. The molecule has 0 bridgehead atoms. The van der Waals surface area contributed by atoms with Crippen LogP contribution in [-0.2, 0) is 6.42 Å². The van der Waals surface area contributed by atoms with Gasteiger partial charge >= 0.3 is 0 Å². The highest BCUT2D eigenvalue weighted by Gasteiger charge is 2.15. The molecule has 2 aromatic rings. The molecule has 1 heterocycles. The van der Waals surface area contributed by atoms with Crippen LogP contribution in [-0.4, -0.2) is 6.54 Å². The highest BCUT2D eigenvalue weighted by atomic mass is 79.9. The third kappa shape index (κ3) is 3.81. The molecule has 1 aromatic carbocycles. The van der Waals surface area contributed by atoms with Gasteiger partial charge < -0.3 is 9.73 Å². The number of likely N-dealkylation sites (N-methyl/N-ethyl adjacent to an activating group) is 1. The summed E-state index contributed by atoms with van der Waals surface area (Å²) in [5.74, 6) is 0.525. The lowest BCUT2D eigenvalue weighted by Gasteiger charge is -2.15. The Bertz CT molecular complexity index is 558. The largest absolute Gasteiger partial charge is 0.448 e. The van der Waals surface area contributed by atoms with Gasteiger partial charge in [-0.1, -0.05) is 13.0 Å². The summed E-state index contributed by atoms with van der Waals surface area (Å²) in [5.41, 5.74) is 1.02. The molecule has 0 aliphatic heterocycles. The first-order valence-corrected chi connectivity index (χ1v) is 7.19. The van der Waals surface area contributed by atoms with E-state index >= 15 is 0 Å². The van der Waals surface area contributed by atoms with E-state index in [1.807, 2.05) is 13.0 Å². The first-order chi connectivity index (χ1) is 9.10. The molecule has 0 saturated carbocycles. The third-order valence-electron chi connectivity index (χ3n) is 2.81. The van der Waals surface area contributed by atoms with Crippen molar-refractivity contribution in [2.75, 3.05) is 6.54 Å². The molecule has 0 saturated heterocycles. The average Bonchev–Trinajstić information content (AvgIpc) is 2.80. The lowest BCUT2D eigenvalue weighted by atomic mass is 10.0. The molecule has 1 N–H and O–H groups in total. The maximum atomic E-state index is 13.2. The van der Waals surface area contributed by atoms with Crippen LogP contribution in [0.25, 0.3) is 0 Å². The molecule has 0 aliphatic rings. The molecule has 1 unspecified atom stereocenters. The van der Waals surface area contributed by atoms with Crippen LogP contribution >= 0.6 is 27.5 Å². The van der Waals surface area contributed by atoms with Gasteiger partial charge in [-0.3, -0.25) is 0 Å². The van der Waals surface area contributed by atoms with Gasteiger partial charge in [-0.05, 0) is 70.3 Å². The van der Waals surface area contributed by atoms with Crippen LogP contribution in [0, 0.1) is 5.82 Å². The van der Waals surface area contributed by atoms with E-state index in [9.17, 15) is 4.39 Å². The van der Waals surface area contributed by atoms with Crippen molar-refractivity contribution in [3.8, 4) is 0 Å². The first kappa shape index (κ1) is 14.6. The van der Waals surface area contributed by atoms with E-state index < -0.39 is 0 Å². The maximum Gasteiger partial charge on any atom is 0.193 e. The second-order valence-electron chi connectivity index (χ2n) is 4.20. The van der Waals surface area contributed by atoms with Crippen molar-refractivity contribution in [3.63, 3.8) is 0 Å². The van der Waals surface area contributed by atoms with Crippen LogP contribution in [0.3, 0.4) is 0 Å². The quantitative estimate of drug-likeness (QED) is 0.847. The minimum atomic E-state index is -0.259. The molecular formula is C14H14BrClFNO. The number of benzene rings is 1. The SMILES string of the molecule is CCNC(Cc1ccc(F)c(Br)c1)c1ccc(Cl)o1. The topological polar surface area (TPSA) is 25.2 Å². The molecule has 0 spiro atoms. The highest BCUT2D eigenvalue weighted by molar-refractivity contribution is 9.10. The summed E-state index contributed by atoms with van der Waals surface area (Å²) in [6.45, 7) is 2.84. The third-order valence-corrected chi connectivity index (χ3v) is 3.62. The van der Waals surface area contributed by atoms with Gasteiger partial charge in [-0.2, -0.15) is 0 Å². The summed E-state index contributed by atoms with van der Waals surface area (Å²) in [6, 6.07) is 8.61. The molecule has 5 heteroatoms. The number of halogens is 3. The van der Waals surface area contributed by atoms with Crippen molar-refractivity contribution in [3.05, 3.63) is 57.2 Å². The predicted octanol–water partition coefficient (Wildman–Crippen LogP) is 4.73. The highest BCUT2D eigenvalue weighted by Crippen LogP contribution is 2.25. The lowest BCUT2D eigenvalue weighted by Crippen LogP contribution is -2.22. The standard InChI is InChI=1S/C14H14BrClFNO/c1-2-18-12(13-5-6-14(16)19-13)8-9-3-4-11(17)10(15)7-9/h3-7,12,18H,2,8H2,1H3. The zero-order valence-electron chi connectivity index (χ0n) is 10.4. The maximum absolute atomic E-state index is 13.2. The van der Waals surface area contributed by atoms with Gasteiger partial charge in [0.2, 0.25) is 0 Å². The minimum absolute atomic E-state index is 0.0230. The Hall–Kier alpha value is -0.840. The van der Waals surface area contributed by atoms with Gasteiger partial charge in [0, 0.05) is 0 Å². The normalized spacial score (nSPS) is 12.6. The molecule has 1 atom stereocenters. The average molecular weight is 347 g/mol. The van der Waals surface area contributed by atoms with Gasteiger partial charge in [0.15, 0.2) is 5.22 Å². The van der Waals surface area contributed by atoms with E-state index in [2.05, 4.69) is 21.2 Å². The zero-order valence-corrected chi connectivity index (χ0v) is 12.8. The summed E-state index contributed by atoms with van der Waals surface area (Å²) < 4.78 is 19.1. The van der Waals surface area contributed by atoms with Gasteiger partial charge in [0.05, 0.1) is 10.5 Å². The molecule has 102 valence electrons. The number of hydrogen-bond donors (Lipinski definition) is 1. The van der Waals surface area contributed by atoms with E-state index in [0.717, 1.165) is 17.9 Å². The summed E-state index contributed by atoms with van der Waals surface area (Å²) in [6.07, 6.45) is 0.705. The Morgan fingerprint density at radius 3 is 2.74 bits per heavy atom. The molecule has 0 aliphatic carbocycles. The molecule has 0 radical (unpaired) electrons. The molecular weight excluding hydrogens is 333 g/mol. The molecule has 2 rings (SSSR count). The van der Waals surface area contributed by atoms with Gasteiger partial charge in [0.1, 0.15) is 11.6 Å². The smallest absolute Gasteiger partial charge is 0.193 e. The summed E-state index contributed by atoms with van der Waals surface area (Å²) in [5, 5.41) is 3.71. The lowest BCUT2D eigenvalue weighted by molar-refractivity contribution is 0.417. The number of rotatable bonds is 5. The molecule has 0 amide bonds. The van der Waals surface area contributed by atoms with Gasteiger partial charge in [-0.25, -0.2) is 4.39 Å². The minimum Gasteiger partial charge on any atom is -0.448 e. The van der Waals surface area contributed by atoms with Crippen LogP contribution in [0.2, 0.25) is 5.22 Å². The zero-order chi connectivity index (χ0) is 13.8. The van der Waals surface area contributed by atoms with Crippen LogP contribution in [0.1, 0.15) is 24.3 Å². The second-order valence-corrected chi connectivity index (χ2v) is 5.43. The van der Waals surface area contributed by atoms with Crippen LogP contribution in [0.4, 0.5) is 4.39 Å². The fourth-order valence-corrected chi connectivity index (χ4v) is 2.52. The van der Waals surface area contributed by atoms with Crippen LogP contribution in [0.5, 0.6) is 0 Å². The Morgan fingerprint density at radius 2 is 2.16 bits per heavy atom. The van der Waals surface area contributed by atoms with E-state index in [-0.39, 0.29) is 11.9 Å². The van der Waals surface area contributed by atoms with Gasteiger partial charge in [0.25, 0.3) is 0 Å². The van der Waals surface area contributed by atoms with Crippen molar-refractivity contribution >= 4 is 27.5 Å². The Labute approximate surface area is 125 Å². The number of nitrogens with one attached hydrogen (secondary N) is 1. The van der Waals surface area contributed by atoms with Crippen LogP contribution in [0.15, 0.2) is 39.2 Å². The Kier molecular flexibility index (Phi) is 5.02. The first-order valence-electron chi connectivity index (χ1n) is 6.02. The summed E-state index contributed by atoms with van der Waals surface area (Å²) in [4.78, 5) is 0. The van der Waals surface area contributed by atoms with Crippen molar-refractivity contribution in [1.82, 2.24) is 5.32 Å². The van der Waals surface area contributed by atoms with E-state index in [0.29, 0.717) is 16.1 Å². The second kappa shape index (κ2) is 6.55. The number of hydrogen-bond acceptors (Lipinski definition) is 2.